The molecule has 0 atom stereocenters. The summed E-state index contributed by atoms with van der Waals surface area (Å²) in [4.78, 5) is 8.64. The van der Waals surface area contributed by atoms with Crippen LogP contribution in [-0.2, 0) is 0 Å². The zero-order chi connectivity index (χ0) is 19.1. The molecule has 0 saturated heterocycles. The quantitative estimate of drug-likeness (QED) is 0.382. The average molecular weight is 380 g/mol. The molecule has 2 N–H and O–H groups in total. The van der Waals surface area contributed by atoms with E-state index >= 15 is 0 Å². The Labute approximate surface area is 166 Å². The maximum atomic E-state index is 9.68. The first-order valence-corrected chi connectivity index (χ1v) is 9.77. The SMILES string of the molecule is Cc1c(Nc2c(C#N)cncc2-c2cc3ccccc3s2)ccc2[nH]ccc12. The Bertz CT molecular complexity index is 1340. The fraction of sp³-hybridized carbons (Fsp3) is 0.0435. The number of hydrogen-bond donors (Lipinski definition) is 2. The number of nitrogens with one attached hydrogen (secondary N) is 2. The maximum absolute atomic E-state index is 9.68. The molecule has 5 rings (SSSR count). The third-order valence-corrected chi connectivity index (χ3v) is 6.17. The van der Waals surface area contributed by atoms with Crippen LogP contribution in [0.25, 0.3) is 31.4 Å². The Morgan fingerprint density at radius 3 is 2.86 bits per heavy atom. The largest absolute Gasteiger partial charge is 0.361 e. The van der Waals surface area contributed by atoms with E-state index in [1.165, 1.54) is 15.5 Å². The number of rotatable bonds is 3. The minimum Gasteiger partial charge on any atom is -0.361 e. The van der Waals surface area contributed by atoms with E-state index in [-0.39, 0.29) is 0 Å². The summed E-state index contributed by atoms with van der Waals surface area (Å²) in [5, 5.41) is 15.6. The minimum atomic E-state index is 0.531. The van der Waals surface area contributed by atoms with Gasteiger partial charge in [0.2, 0.25) is 0 Å². The molecule has 0 unspecified atom stereocenters. The van der Waals surface area contributed by atoms with Crippen LogP contribution in [0, 0.1) is 18.3 Å². The number of hydrogen-bond acceptors (Lipinski definition) is 4. The molecule has 0 aliphatic carbocycles. The van der Waals surface area contributed by atoms with Gasteiger partial charge in [-0.25, -0.2) is 0 Å². The summed E-state index contributed by atoms with van der Waals surface area (Å²) < 4.78 is 1.22. The van der Waals surface area contributed by atoms with Crippen molar-refractivity contribution in [3.8, 4) is 16.5 Å². The van der Waals surface area contributed by atoms with E-state index in [9.17, 15) is 5.26 Å². The van der Waals surface area contributed by atoms with Gasteiger partial charge < -0.3 is 10.3 Å². The highest BCUT2D eigenvalue weighted by Crippen LogP contribution is 2.40. The molecule has 0 fully saturated rings. The Kier molecular flexibility index (Phi) is 3.85. The first kappa shape index (κ1) is 16.5. The lowest BCUT2D eigenvalue weighted by Gasteiger charge is -2.15. The first-order chi connectivity index (χ1) is 13.7. The van der Waals surface area contributed by atoms with Crippen LogP contribution in [0.15, 0.2) is 67.1 Å². The van der Waals surface area contributed by atoms with E-state index in [4.69, 9.17) is 0 Å². The third kappa shape index (κ3) is 2.63. The summed E-state index contributed by atoms with van der Waals surface area (Å²) in [5.74, 6) is 0. The lowest BCUT2D eigenvalue weighted by molar-refractivity contribution is 1.30. The number of H-pyrrole nitrogens is 1. The highest BCUT2D eigenvalue weighted by Gasteiger charge is 2.15. The second-order valence-electron chi connectivity index (χ2n) is 6.67. The van der Waals surface area contributed by atoms with E-state index in [0.29, 0.717) is 5.56 Å². The van der Waals surface area contributed by atoms with Crippen molar-refractivity contribution in [1.82, 2.24) is 9.97 Å². The van der Waals surface area contributed by atoms with Crippen LogP contribution < -0.4 is 5.32 Å². The average Bonchev–Trinajstić information content (AvgIpc) is 3.37. The molecule has 3 heterocycles. The van der Waals surface area contributed by atoms with Crippen molar-refractivity contribution >= 4 is 43.7 Å². The van der Waals surface area contributed by atoms with Gasteiger partial charge in [0.25, 0.3) is 0 Å². The predicted molar refractivity (Wildman–Crippen MR) is 116 cm³/mol. The van der Waals surface area contributed by atoms with Crippen molar-refractivity contribution in [2.24, 2.45) is 0 Å². The summed E-state index contributed by atoms with van der Waals surface area (Å²) in [7, 11) is 0. The number of fused-ring (bicyclic) bond motifs is 2. The number of aryl methyl sites for hydroxylation is 1. The molecule has 0 saturated carbocycles. The first-order valence-electron chi connectivity index (χ1n) is 8.95. The van der Waals surface area contributed by atoms with Crippen LogP contribution in [0.5, 0.6) is 0 Å². The molecule has 0 spiro atoms. The van der Waals surface area contributed by atoms with Crippen LogP contribution in [0.1, 0.15) is 11.1 Å². The number of anilines is 2. The molecule has 0 aliphatic rings. The van der Waals surface area contributed by atoms with Gasteiger partial charge in [0.05, 0.1) is 11.3 Å². The molecular formula is C23H16N4S. The predicted octanol–water partition coefficient (Wildman–Crippen LogP) is 6.37. The van der Waals surface area contributed by atoms with Crippen LogP contribution in [0.4, 0.5) is 11.4 Å². The summed E-state index contributed by atoms with van der Waals surface area (Å²) >= 11 is 1.71. The molecule has 3 aromatic heterocycles. The molecular weight excluding hydrogens is 364 g/mol. The zero-order valence-corrected chi connectivity index (χ0v) is 16.0. The van der Waals surface area contributed by atoms with Gasteiger partial charge in [-0.15, -0.1) is 11.3 Å². The van der Waals surface area contributed by atoms with E-state index in [1.807, 2.05) is 30.6 Å². The Hall–Kier alpha value is -3.62. The van der Waals surface area contributed by atoms with Crippen molar-refractivity contribution in [3.63, 3.8) is 0 Å². The molecule has 5 aromatic rings. The number of aromatic amines is 1. The zero-order valence-electron chi connectivity index (χ0n) is 15.2. The van der Waals surface area contributed by atoms with Gasteiger partial charge >= 0.3 is 0 Å². The minimum absolute atomic E-state index is 0.531. The van der Waals surface area contributed by atoms with Gasteiger partial charge in [-0.05, 0) is 48.2 Å². The van der Waals surface area contributed by atoms with Gasteiger partial charge in [0.15, 0.2) is 0 Å². The fourth-order valence-corrected chi connectivity index (χ4v) is 4.61. The van der Waals surface area contributed by atoms with Crippen LogP contribution in [0.3, 0.4) is 0 Å². The molecule has 2 aromatic carbocycles. The number of thiophene rings is 1. The smallest absolute Gasteiger partial charge is 0.103 e. The Morgan fingerprint density at radius 2 is 2.00 bits per heavy atom. The van der Waals surface area contributed by atoms with Crippen molar-refractivity contribution in [3.05, 3.63) is 78.2 Å². The third-order valence-electron chi connectivity index (χ3n) is 5.02. The Morgan fingerprint density at radius 1 is 1.11 bits per heavy atom. The maximum Gasteiger partial charge on any atom is 0.103 e. The molecule has 28 heavy (non-hydrogen) atoms. The standard InChI is InChI=1S/C23H16N4S/c1-14-17-8-9-26-20(17)7-6-19(14)27-23-16(11-24)12-25-13-18(23)22-10-15-4-2-3-5-21(15)28-22/h2-10,12-13,26H,1H3,(H,25,27). The molecule has 0 radical (unpaired) electrons. The summed E-state index contributed by atoms with van der Waals surface area (Å²) in [6.45, 7) is 2.09. The number of pyridine rings is 1. The van der Waals surface area contributed by atoms with E-state index in [2.05, 4.69) is 58.6 Å². The van der Waals surface area contributed by atoms with Crippen molar-refractivity contribution in [1.29, 1.82) is 5.26 Å². The second kappa shape index (κ2) is 6.52. The van der Waals surface area contributed by atoms with Crippen LogP contribution in [-0.4, -0.2) is 9.97 Å². The number of nitriles is 1. The summed E-state index contributed by atoms with van der Waals surface area (Å²) in [5.41, 5.74) is 5.49. The summed E-state index contributed by atoms with van der Waals surface area (Å²) in [6, 6.07) is 18.9. The lowest BCUT2D eigenvalue weighted by atomic mass is 10.1. The number of benzene rings is 2. The van der Waals surface area contributed by atoms with Crippen LogP contribution >= 0.6 is 11.3 Å². The normalized spacial score (nSPS) is 11.0. The van der Waals surface area contributed by atoms with E-state index < -0.39 is 0 Å². The number of aromatic nitrogens is 2. The van der Waals surface area contributed by atoms with Gasteiger partial charge in [-0.3, -0.25) is 4.98 Å². The number of nitrogens with zero attached hydrogens (tertiary/aromatic N) is 2. The van der Waals surface area contributed by atoms with Crippen molar-refractivity contribution in [2.75, 3.05) is 5.32 Å². The van der Waals surface area contributed by atoms with Gasteiger partial charge in [0, 0.05) is 50.3 Å². The van der Waals surface area contributed by atoms with E-state index in [1.54, 1.807) is 17.5 Å². The van der Waals surface area contributed by atoms with Crippen LogP contribution in [0.2, 0.25) is 0 Å². The highest BCUT2D eigenvalue weighted by molar-refractivity contribution is 7.22. The van der Waals surface area contributed by atoms with Gasteiger partial charge in [-0.1, -0.05) is 18.2 Å². The van der Waals surface area contributed by atoms with E-state index in [0.717, 1.165) is 32.9 Å². The lowest BCUT2D eigenvalue weighted by Crippen LogP contribution is -1.99. The molecule has 4 nitrogen and oxygen atoms in total. The van der Waals surface area contributed by atoms with Gasteiger partial charge in [-0.2, -0.15) is 5.26 Å². The molecule has 0 amide bonds. The highest BCUT2D eigenvalue weighted by atomic mass is 32.1. The Balaban J connectivity index is 1.67. The monoisotopic (exact) mass is 380 g/mol. The molecule has 134 valence electrons. The fourth-order valence-electron chi connectivity index (χ4n) is 3.54. The summed E-state index contributed by atoms with van der Waals surface area (Å²) in [6.07, 6.45) is 5.39. The topological polar surface area (TPSA) is 64.5 Å². The molecule has 5 heteroatoms. The van der Waals surface area contributed by atoms with Gasteiger partial charge in [0.1, 0.15) is 6.07 Å². The van der Waals surface area contributed by atoms with Crippen molar-refractivity contribution in [2.45, 2.75) is 6.92 Å². The molecule has 0 bridgehead atoms. The second-order valence-corrected chi connectivity index (χ2v) is 7.76. The van der Waals surface area contributed by atoms with Crippen molar-refractivity contribution < 1.29 is 0 Å². The molecule has 0 aliphatic heterocycles.